The molecule has 0 radical (unpaired) electrons. The van der Waals surface area contributed by atoms with Crippen LogP contribution in [-0.2, 0) is 17.8 Å². The van der Waals surface area contributed by atoms with E-state index in [2.05, 4.69) is 34.9 Å². The van der Waals surface area contributed by atoms with E-state index in [0.717, 1.165) is 37.2 Å². The predicted molar refractivity (Wildman–Crippen MR) is 103 cm³/mol. The van der Waals surface area contributed by atoms with Gasteiger partial charge in [0.1, 0.15) is 0 Å². The summed E-state index contributed by atoms with van der Waals surface area (Å²) >= 11 is 1.58. The number of imide groups is 1. The molecule has 1 saturated heterocycles. The average molecular weight is 373 g/mol. The van der Waals surface area contributed by atoms with Crippen molar-refractivity contribution in [2.24, 2.45) is 5.92 Å². The Kier molecular flexibility index (Phi) is 6.80. The SMILES string of the molecule is O=C(C[NH+]1CCC(Cc2ccccc2)CC1)NC(=O)NCc1cccs1. The summed E-state index contributed by atoms with van der Waals surface area (Å²) < 4.78 is 0. The van der Waals surface area contributed by atoms with Crippen LogP contribution in [0.3, 0.4) is 0 Å². The first-order valence-corrected chi connectivity index (χ1v) is 10.0. The zero-order chi connectivity index (χ0) is 18.2. The van der Waals surface area contributed by atoms with Crippen LogP contribution in [0.2, 0.25) is 0 Å². The summed E-state index contributed by atoms with van der Waals surface area (Å²) in [5, 5.41) is 7.12. The first-order chi connectivity index (χ1) is 12.7. The van der Waals surface area contributed by atoms with Crippen LogP contribution in [0.4, 0.5) is 4.79 Å². The highest BCUT2D eigenvalue weighted by atomic mass is 32.1. The summed E-state index contributed by atoms with van der Waals surface area (Å²) in [4.78, 5) is 26.2. The van der Waals surface area contributed by atoms with E-state index in [0.29, 0.717) is 19.0 Å². The Balaban J connectivity index is 1.33. The van der Waals surface area contributed by atoms with E-state index < -0.39 is 6.03 Å². The lowest BCUT2D eigenvalue weighted by Gasteiger charge is -2.28. The number of amides is 3. The minimum absolute atomic E-state index is 0.204. The lowest BCUT2D eigenvalue weighted by molar-refractivity contribution is -0.898. The Bertz CT molecular complexity index is 695. The zero-order valence-corrected chi connectivity index (χ0v) is 15.7. The van der Waals surface area contributed by atoms with E-state index in [-0.39, 0.29) is 5.91 Å². The molecule has 1 fully saturated rings. The van der Waals surface area contributed by atoms with Crippen LogP contribution in [-0.4, -0.2) is 31.6 Å². The van der Waals surface area contributed by atoms with E-state index in [4.69, 9.17) is 0 Å². The first kappa shape index (κ1) is 18.6. The predicted octanol–water partition coefficient (Wildman–Crippen LogP) is 1.61. The molecule has 1 aromatic carbocycles. The number of rotatable bonds is 6. The number of carbonyl (C=O) groups excluding carboxylic acids is 2. The van der Waals surface area contributed by atoms with Crippen molar-refractivity contribution in [1.82, 2.24) is 10.6 Å². The van der Waals surface area contributed by atoms with Gasteiger partial charge in [-0.05, 0) is 42.2 Å². The Hall–Kier alpha value is -2.18. The summed E-state index contributed by atoms with van der Waals surface area (Å²) in [6.45, 7) is 2.79. The molecule has 3 N–H and O–H groups in total. The fourth-order valence-corrected chi connectivity index (χ4v) is 4.08. The van der Waals surface area contributed by atoms with Crippen molar-refractivity contribution >= 4 is 23.3 Å². The maximum absolute atomic E-state index is 12.1. The maximum Gasteiger partial charge on any atom is 0.321 e. The minimum Gasteiger partial charge on any atom is -0.333 e. The van der Waals surface area contributed by atoms with Crippen molar-refractivity contribution < 1.29 is 14.5 Å². The third-order valence-corrected chi connectivity index (χ3v) is 5.72. The van der Waals surface area contributed by atoms with E-state index >= 15 is 0 Å². The van der Waals surface area contributed by atoms with Gasteiger partial charge in [0, 0.05) is 4.88 Å². The van der Waals surface area contributed by atoms with Gasteiger partial charge in [0.25, 0.3) is 5.91 Å². The molecule has 2 aromatic rings. The number of quaternary nitrogens is 1. The van der Waals surface area contributed by atoms with Gasteiger partial charge in [-0.25, -0.2) is 4.79 Å². The molecule has 5 nitrogen and oxygen atoms in total. The summed E-state index contributed by atoms with van der Waals surface area (Å²) in [5.41, 5.74) is 1.39. The van der Waals surface area contributed by atoms with Crippen LogP contribution < -0.4 is 15.5 Å². The van der Waals surface area contributed by atoms with Gasteiger partial charge in [-0.2, -0.15) is 0 Å². The number of likely N-dealkylation sites (tertiary alicyclic amines) is 1. The molecule has 1 aromatic heterocycles. The maximum atomic E-state index is 12.1. The quantitative estimate of drug-likeness (QED) is 0.721. The van der Waals surface area contributed by atoms with Gasteiger partial charge in [-0.15, -0.1) is 11.3 Å². The molecule has 3 rings (SSSR count). The van der Waals surface area contributed by atoms with Crippen molar-refractivity contribution in [1.29, 1.82) is 0 Å². The first-order valence-electron chi connectivity index (χ1n) is 9.16. The Morgan fingerprint density at radius 1 is 1.08 bits per heavy atom. The van der Waals surface area contributed by atoms with E-state index in [1.165, 1.54) is 10.5 Å². The third-order valence-electron chi connectivity index (χ3n) is 4.85. The van der Waals surface area contributed by atoms with Crippen molar-refractivity contribution in [3.63, 3.8) is 0 Å². The molecular weight excluding hydrogens is 346 g/mol. The number of piperidine rings is 1. The summed E-state index contributed by atoms with van der Waals surface area (Å²) in [5.74, 6) is 0.489. The van der Waals surface area contributed by atoms with Crippen LogP contribution >= 0.6 is 11.3 Å². The molecule has 1 aliphatic rings. The second-order valence-corrected chi connectivity index (χ2v) is 7.90. The van der Waals surface area contributed by atoms with Crippen LogP contribution in [0.1, 0.15) is 23.3 Å². The average Bonchev–Trinajstić information content (AvgIpc) is 3.16. The van der Waals surface area contributed by atoms with E-state index in [1.807, 2.05) is 23.6 Å². The summed E-state index contributed by atoms with van der Waals surface area (Å²) in [6.07, 6.45) is 3.37. The Morgan fingerprint density at radius 2 is 1.85 bits per heavy atom. The molecule has 2 heterocycles. The van der Waals surface area contributed by atoms with Crippen LogP contribution in [0, 0.1) is 5.92 Å². The molecule has 0 unspecified atom stereocenters. The van der Waals surface area contributed by atoms with Crippen molar-refractivity contribution in [2.75, 3.05) is 19.6 Å². The standard InChI is InChI=1S/C20H25N3O2S/c24-19(22-20(25)21-14-18-7-4-12-26-18)15-23-10-8-17(9-11-23)13-16-5-2-1-3-6-16/h1-7,12,17H,8-11,13-15H2,(H2,21,22,24,25)/p+1. The van der Waals surface area contributed by atoms with Crippen molar-refractivity contribution in [3.05, 3.63) is 58.3 Å². The van der Waals surface area contributed by atoms with Gasteiger partial charge in [0.2, 0.25) is 0 Å². The topological polar surface area (TPSA) is 62.6 Å². The van der Waals surface area contributed by atoms with Gasteiger partial charge in [-0.1, -0.05) is 36.4 Å². The third kappa shape index (κ3) is 5.97. The van der Waals surface area contributed by atoms with Crippen LogP contribution in [0.5, 0.6) is 0 Å². The normalized spacial score (nSPS) is 19.7. The molecule has 0 bridgehead atoms. The number of nitrogens with one attached hydrogen (secondary N) is 3. The number of benzene rings is 1. The van der Waals surface area contributed by atoms with Crippen LogP contribution in [0.15, 0.2) is 47.8 Å². The zero-order valence-electron chi connectivity index (χ0n) is 14.9. The van der Waals surface area contributed by atoms with Crippen molar-refractivity contribution in [2.45, 2.75) is 25.8 Å². The number of urea groups is 1. The summed E-state index contributed by atoms with van der Waals surface area (Å²) in [7, 11) is 0. The monoisotopic (exact) mass is 372 g/mol. The highest BCUT2D eigenvalue weighted by molar-refractivity contribution is 7.09. The fourth-order valence-electron chi connectivity index (χ4n) is 3.44. The number of carbonyl (C=O) groups is 2. The van der Waals surface area contributed by atoms with E-state index in [9.17, 15) is 9.59 Å². The molecule has 0 spiro atoms. The number of thiophene rings is 1. The number of hydrogen-bond donors (Lipinski definition) is 3. The van der Waals surface area contributed by atoms with Gasteiger partial charge in [0.15, 0.2) is 6.54 Å². The minimum atomic E-state index is -0.415. The smallest absolute Gasteiger partial charge is 0.321 e. The second kappa shape index (κ2) is 9.50. The lowest BCUT2D eigenvalue weighted by atomic mass is 9.90. The molecule has 0 atom stereocenters. The highest BCUT2D eigenvalue weighted by Gasteiger charge is 2.24. The van der Waals surface area contributed by atoms with Gasteiger partial charge < -0.3 is 10.2 Å². The van der Waals surface area contributed by atoms with Gasteiger partial charge >= 0.3 is 6.03 Å². The van der Waals surface area contributed by atoms with E-state index in [1.54, 1.807) is 11.3 Å². The molecule has 0 aliphatic carbocycles. The Labute approximate surface area is 158 Å². The molecule has 1 aliphatic heterocycles. The largest absolute Gasteiger partial charge is 0.333 e. The molecule has 138 valence electrons. The molecule has 26 heavy (non-hydrogen) atoms. The highest BCUT2D eigenvalue weighted by Crippen LogP contribution is 2.16. The van der Waals surface area contributed by atoms with Crippen molar-refractivity contribution in [3.8, 4) is 0 Å². The fraction of sp³-hybridized carbons (Fsp3) is 0.400. The molecule has 6 heteroatoms. The molecular formula is C20H26N3O2S+. The van der Waals surface area contributed by atoms with Gasteiger partial charge in [0.05, 0.1) is 19.6 Å². The second-order valence-electron chi connectivity index (χ2n) is 6.87. The molecule has 0 saturated carbocycles. The lowest BCUT2D eigenvalue weighted by Crippen LogP contribution is -3.14. The number of hydrogen-bond acceptors (Lipinski definition) is 3. The summed E-state index contributed by atoms with van der Waals surface area (Å²) in [6, 6.07) is 14.1. The Morgan fingerprint density at radius 3 is 2.54 bits per heavy atom. The van der Waals surface area contributed by atoms with Gasteiger partial charge in [-0.3, -0.25) is 10.1 Å². The van der Waals surface area contributed by atoms with Crippen LogP contribution in [0.25, 0.3) is 0 Å². The molecule has 3 amide bonds.